The number of carbonyl (C=O) groups is 3. The van der Waals surface area contributed by atoms with E-state index in [4.69, 9.17) is 53.6 Å². The molecule has 8 rings (SSSR count). The number of aromatic nitrogens is 8. The molecule has 4 aliphatic rings. The average molecular weight is 926 g/mol. The van der Waals surface area contributed by atoms with Gasteiger partial charge in [-0.1, -0.05) is 25.2 Å². The first-order valence-corrected chi connectivity index (χ1v) is 22.9. The zero-order valence-corrected chi connectivity index (χ0v) is 35.2. The number of amides is 1. The first-order valence-electron chi connectivity index (χ1n) is 19.0. The van der Waals surface area contributed by atoms with Crippen molar-refractivity contribution in [2.24, 2.45) is 5.41 Å². The Labute approximate surface area is 355 Å². The molecule has 7 N–H and O–H groups in total. The summed E-state index contributed by atoms with van der Waals surface area (Å²) < 4.78 is 77.5. The highest BCUT2D eigenvalue weighted by molar-refractivity contribution is 8.44. The highest BCUT2D eigenvalue weighted by Gasteiger charge is 2.54. The largest absolute Gasteiger partial charge is 0.509 e. The molecule has 2 bridgehead atoms. The van der Waals surface area contributed by atoms with E-state index in [0.717, 1.165) is 0 Å². The Morgan fingerprint density at radius 2 is 1.63 bits per heavy atom. The monoisotopic (exact) mass is 925 g/mol. The minimum absolute atomic E-state index is 0.0223. The number of imidazole rings is 2. The van der Waals surface area contributed by atoms with Crippen molar-refractivity contribution in [3.05, 3.63) is 37.5 Å². The van der Waals surface area contributed by atoms with E-state index in [1.54, 1.807) is 19.1 Å². The van der Waals surface area contributed by atoms with Gasteiger partial charge in [-0.2, -0.15) is 0 Å². The van der Waals surface area contributed by atoms with Gasteiger partial charge in [-0.15, -0.1) is 0 Å². The van der Waals surface area contributed by atoms with E-state index >= 15 is 0 Å². The first kappa shape index (κ1) is 43.8. The van der Waals surface area contributed by atoms with Gasteiger partial charge in [0, 0.05) is 5.41 Å². The number of allylic oxidation sites excluding steroid dienone is 1. The fourth-order valence-electron chi connectivity index (χ4n) is 7.58. The second-order valence-corrected chi connectivity index (χ2v) is 18.8. The summed E-state index contributed by atoms with van der Waals surface area (Å²) in [7, 11) is -3.59. The van der Waals surface area contributed by atoms with Gasteiger partial charge in [0.1, 0.15) is 66.9 Å². The lowest BCUT2D eigenvalue weighted by atomic mass is 9.78. The maximum atomic E-state index is 14.0. The van der Waals surface area contributed by atoms with Crippen LogP contribution in [-0.2, 0) is 55.8 Å². The quantitative estimate of drug-likeness (QED) is 0.0661. The Balaban J connectivity index is 1.05. The SMILES string of the molecule is CC1(C(=O)NCC(=O)O)CC/C=C/C(OC(=O)O[C@@H]2[C@@H]3O[PH](=O)OC[C@H]4O[C@@H](n5cnc6c(N)ncnc65)[C@H](OP(=O)(S)OC[C@H]3O[C@H]2n2cnc3c(N)ncnc32)[C@@H]4O)CC1. The minimum Gasteiger partial charge on any atom is -0.480 e. The molecule has 7 heterocycles. The Bertz CT molecular complexity index is 2460. The number of rotatable bonds is 7. The Morgan fingerprint density at radius 1 is 0.968 bits per heavy atom. The summed E-state index contributed by atoms with van der Waals surface area (Å²) in [6.07, 6.45) is -3.90. The number of aliphatic carboxylic acids is 1. The van der Waals surface area contributed by atoms with Crippen LogP contribution in [0.2, 0.25) is 0 Å². The van der Waals surface area contributed by atoms with Crippen LogP contribution in [-0.4, -0.2) is 130 Å². The zero-order chi connectivity index (χ0) is 43.9. The topological polar surface area (TPSA) is 351 Å². The van der Waals surface area contributed by atoms with Crippen molar-refractivity contribution in [1.29, 1.82) is 0 Å². The second-order valence-electron chi connectivity index (χ2n) is 14.9. The van der Waals surface area contributed by atoms with Crippen molar-refractivity contribution in [2.75, 3.05) is 31.2 Å². The van der Waals surface area contributed by atoms with Gasteiger partial charge in [0.15, 0.2) is 41.5 Å². The lowest BCUT2D eigenvalue weighted by molar-refractivity contribution is -0.140. The summed E-state index contributed by atoms with van der Waals surface area (Å²) in [5.74, 6) is -1.57. The molecule has 62 heavy (non-hydrogen) atoms. The number of nitrogens with zero attached hydrogens (tertiary/aromatic N) is 8. The maximum absolute atomic E-state index is 14.0. The van der Waals surface area contributed by atoms with Crippen LogP contribution in [0.25, 0.3) is 22.3 Å². The number of hydrogen-bond acceptors (Lipinski definition) is 22. The lowest BCUT2D eigenvalue weighted by Crippen LogP contribution is -2.42. The van der Waals surface area contributed by atoms with E-state index in [0.29, 0.717) is 12.8 Å². The summed E-state index contributed by atoms with van der Waals surface area (Å²) in [4.78, 5) is 62.6. The molecule has 4 unspecified atom stereocenters. The normalized spacial score (nSPS) is 34.8. The predicted molar refractivity (Wildman–Crippen MR) is 212 cm³/mol. The number of aliphatic hydroxyl groups is 1. The second kappa shape index (κ2) is 17.7. The molecule has 1 aliphatic carbocycles. The number of thiol groups is 1. The molecule has 3 fully saturated rings. The molecule has 26 nitrogen and oxygen atoms in total. The molecule has 1 amide bonds. The van der Waals surface area contributed by atoms with Crippen molar-refractivity contribution in [3.8, 4) is 0 Å². The average Bonchev–Trinajstić information content (AvgIpc) is 4.00. The highest BCUT2D eigenvalue weighted by atomic mass is 32.7. The fraction of sp³-hybridized carbons (Fsp3) is 0.545. The molecule has 4 aromatic rings. The summed E-state index contributed by atoms with van der Waals surface area (Å²) in [6, 6.07) is 0. The summed E-state index contributed by atoms with van der Waals surface area (Å²) >= 11 is 4.19. The number of carboxylic acids is 1. The number of carbonyl (C=O) groups excluding carboxylic acids is 2. The number of carboxylic acid groups (broad SMARTS) is 1. The summed E-state index contributed by atoms with van der Waals surface area (Å²) in [5, 5.41) is 22.8. The zero-order valence-electron chi connectivity index (χ0n) is 32.4. The number of nitrogen functional groups attached to an aromatic ring is 2. The van der Waals surface area contributed by atoms with Crippen LogP contribution >= 0.6 is 27.3 Å². The van der Waals surface area contributed by atoms with Gasteiger partial charge in [0.05, 0.1) is 25.9 Å². The van der Waals surface area contributed by atoms with Gasteiger partial charge in [-0.05, 0) is 31.8 Å². The number of aliphatic hydroxyl groups excluding tert-OH is 1. The third kappa shape index (κ3) is 9.00. The number of hydrogen-bond donors (Lipinski definition) is 6. The van der Waals surface area contributed by atoms with E-state index in [1.165, 1.54) is 34.4 Å². The van der Waals surface area contributed by atoms with Crippen LogP contribution in [0.1, 0.15) is 45.1 Å². The van der Waals surface area contributed by atoms with Crippen molar-refractivity contribution in [1.82, 2.24) is 44.4 Å². The van der Waals surface area contributed by atoms with Crippen molar-refractivity contribution < 1.29 is 70.8 Å². The van der Waals surface area contributed by atoms with E-state index in [2.05, 4.69) is 47.5 Å². The highest BCUT2D eigenvalue weighted by Crippen LogP contribution is 2.57. The van der Waals surface area contributed by atoms with Crippen molar-refractivity contribution in [2.45, 2.75) is 87.8 Å². The van der Waals surface area contributed by atoms with Crippen LogP contribution in [0.4, 0.5) is 16.4 Å². The molecular formula is C33H41N11O15P2S. The van der Waals surface area contributed by atoms with Gasteiger partial charge >= 0.3 is 27.2 Å². The summed E-state index contributed by atoms with van der Waals surface area (Å²) in [6.45, 7) is -4.54. The Kier molecular flexibility index (Phi) is 12.5. The number of nitrogens with one attached hydrogen (secondary N) is 1. The van der Waals surface area contributed by atoms with Crippen LogP contribution in [0.5, 0.6) is 0 Å². The maximum Gasteiger partial charge on any atom is 0.509 e. The Hall–Kier alpha value is -4.82. The smallest absolute Gasteiger partial charge is 0.480 e. The van der Waals surface area contributed by atoms with Crippen molar-refractivity contribution in [3.63, 3.8) is 0 Å². The van der Waals surface area contributed by atoms with Crippen LogP contribution in [0.15, 0.2) is 37.5 Å². The van der Waals surface area contributed by atoms with E-state index in [1.807, 2.05) is 0 Å². The third-order valence-corrected chi connectivity index (χ3v) is 13.3. The molecule has 12 atom stereocenters. The van der Waals surface area contributed by atoms with Crippen molar-refractivity contribution >= 4 is 79.3 Å². The van der Waals surface area contributed by atoms with Gasteiger partial charge < -0.3 is 55.0 Å². The number of fused-ring (bicyclic) bond motifs is 5. The van der Waals surface area contributed by atoms with Gasteiger partial charge in [0.2, 0.25) is 5.91 Å². The predicted octanol–water partition coefficient (Wildman–Crippen LogP) is 1.46. The molecule has 3 saturated heterocycles. The molecule has 4 aromatic heterocycles. The summed E-state index contributed by atoms with van der Waals surface area (Å²) in [5.41, 5.74) is 11.7. The number of anilines is 2. The first-order chi connectivity index (χ1) is 29.6. The number of ether oxygens (including phenoxy) is 4. The molecule has 334 valence electrons. The van der Waals surface area contributed by atoms with Crippen LogP contribution in [0, 0.1) is 5.41 Å². The minimum atomic E-state index is -4.48. The Morgan fingerprint density at radius 3 is 2.31 bits per heavy atom. The van der Waals surface area contributed by atoms with E-state index in [9.17, 15) is 28.6 Å². The van der Waals surface area contributed by atoms with Gasteiger partial charge in [0.25, 0.3) is 0 Å². The molecule has 3 aliphatic heterocycles. The lowest BCUT2D eigenvalue weighted by Gasteiger charge is -2.31. The van der Waals surface area contributed by atoms with Gasteiger partial charge in [-0.25, -0.2) is 39.3 Å². The third-order valence-electron chi connectivity index (χ3n) is 10.8. The van der Waals surface area contributed by atoms with E-state index < -0.39 is 113 Å². The number of nitrogens with two attached hydrogens (primary N) is 2. The van der Waals surface area contributed by atoms with Gasteiger partial charge in [-0.3, -0.25) is 32.3 Å². The standard InChI is InChI=1S/C33H41N11O15P2S/c1-33(31(48)36-8-18(45)46)6-3-2-4-15(5-7-33)54-32(49)57-24-22-17(56-30(24)44-14-42-20-26(35)38-12-40-28(20)44)10-53-61(51,62)59-23-21(47)16(9-52-60(50)58-22)55-29(23)43-13-41-19-25(34)37-11-39-27(19)43/h2,4,11-17,21-24,29-30,47,60H,3,5-10H2,1H3,(H,36,48)(H,45,46)(H,51,62)(H2,34,37,39)(H2,35,38,40)/b4-2+/t15?,16-,17-,21-,22-,23-,24-,29-,30-,33?,61?/m1/s1. The molecule has 29 heteroatoms. The fourth-order valence-corrected chi connectivity index (χ4v) is 9.91. The molecule has 0 spiro atoms. The molecular weight excluding hydrogens is 884 g/mol. The molecule has 0 aromatic carbocycles. The van der Waals surface area contributed by atoms with Crippen LogP contribution < -0.4 is 16.8 Å². The van der Waals surface area contributed by atoms with E-state index in [-0.39, 0.29) is 46.8 Å². The molecule has 0 radical (unpaired) electrons. The van der Waals surface area contributed by atoms with Crippen LogP contribution in [0.3, 0.4) is 0 Å². The molecule has 0 saturated carbocycles.